The SMILES string of the molecule is CC(C)(C)OC(=O)N(CC1CCC1)[C@@H]1CCCN(c2ccc(C3(C(=O)O)COC3)cc2)C1.Cl. The molecule has 0 aromatic heterocycles. The van der Waals surface area contributed by atoms with Crippen LogP contribution in [-0.2, 0) is 19.7 Å². The maximum absolute atomic E-state index is 13.1. The largest absolute Gasteiger partial charge is 0.480 e. The highest BCUT2D eigenvalue weighted by Gasteiger charge is 2.47. The van der Waals surface area contributed by atoms with Crippen molar-refractivity contribution in [2.75, 3.05) is 37.7 Å². The third kappa shape index (κ3) is 5.57. The number of benzene rings is 1. The number of halogens is 1. The monoisotopic (exact) mass is 480 g/mol. The minimum Gasteiger partial charge on any atom is -0.480 e. The summed E-state index contributed by atoms with van der Waals surface area (Å²) in [7, 11) is 0. The van der Waals surface area contributed by atoms with E-state index < -0.39 is 17.0 Å². The van der Waals surface area contributed by atoms with Gasteiger partial charge >= 0.3 is 12.1 Å². The zero-order valence-corrected chi connectivity index (χ0v) is 20.7. The summed E-state index contributed by atoms with van der Waals surface area (Å²) in [4.78, 5) is 29.1. The number of aliphatic carboxylic acids is 1. The molecule has 33 heavy (non-hydrogen) atoms. The van der Waals surface area contributed by atoms with Gasteiger partial charge in [0.15, 0.2) is 0 Å². The van der Waals surface area contributed by atoms with Gasteiger partial charge in [-0.1, -0.05) is 18.6 Å². The van der Waals surface area contributed by atoms with E-state index in [9.17, 15) is 14.7 Å². The molecule has 184 valence electrons. The molecule has 8 heteroatoms. The average Bonchev–Trinajstić information content (AvgIpc) is 2.65. The van der Waals surface area contributed by atoms with Crippen molar-refractivity contribution in [1.82, 2.24) is 4.90 Å². The standard InChI is InChI=1S/C25H36N2O5.ClH/c1-24(2,3)32-23(30)27(14-18-6-4-7-18)21-8-5-13-26(15-21)20-11-9-19(10-12-20)25(22(28)29)16-31-17-25;/h9-12,18,21H,4-8,13-17H2,1-3H3,(H,28,29);1H/t21-;/m1./s1. The lowest BCUT2D eigenvalue weighted by atomic mass is 9.78. The average molecular weight is 481 g/mol. The van der Waals surface area contributed by atoms with Crippen LogP contribution in [0.5, 0.6) is 0 Å². The molecule has 0 spiro atoms. The first kappa shape index (κ1) is 25.6. The first-order valence-corrected chi connectivity index (χ1v) is 11.8. The molecule has 0 unspecified atom stereocenters. The molecule has 7 nitrogen and oxygen atoms in total. The van der Waals surface area contributed by atoms with E-state index in [1.54, 1.807) is 0 Å². The minimum atomic E-state index is -0.917. The lowest BCUT2D eigenvalue weighted by Crippen LogP contribution is -2.53. The molecule has 0 bridgehead atoms. The summed E-state index contributed by atoms with van der Waals surface area (Å²) in [5, 5.41) is 9.64. The highest BCUT2D eigenvalue weighted by Crippen LogP contribution is 2.35. The van der Waals surface area contributed by atoms with Crippen molar-refractivity contribution in [3.8, 4) is 0 Å². The van der Waals surface area contributed by atoms with Crippen LogP contribution in [0.15, 0.2) is 24.3 Å². The zero-order chi connectivity index (χ0) is 22.9. The summed E-state index contributed by atoms with van der Waals surface area (Å²) in [6, 6.07) is 7.95. The Morgan fingerprint density at radius 3 is 2.30 bits per heavy atom. The lowest BCUT2D eigenvalue weighted by Gasteiger charge is -2.43. The molecule has 4 rings (SSSR count). The van der Waals surface area contributed by atoms with Gasteiger partial charge in [-0.25, -0.2) is 4.79 Å². The van der Waals surface area contributed by atoms with Crippen LogP contribution in [0, 0.1) is 5.92 Å². The normalized spacial score (nSPS) is 22.4. The number of ether oxygens (including phenoxy) is 2. The van der Waals surface area contributed by atoms with E-state index in [0.29, 0.717) is 5.92 Å². The molecule has 2 heterocycles. The summed E-state index contributed by atoms with van der Waals surface area (Å²) in [6.45, 7) is 8.65. The van der Waals surface area contributed by atoms with Crippen LogP contribution in [0.4, 0.5) is 10.5 Å². The second kappa shape index (κ2) is 10.1. The molecule has 1 aromatic rings. The Hall–Kier alpha value is -1.99. The van der Waals surface area contributed by atoms with Gasteiger partial charge < -0.3 is 24.4 Å². The summed E-state index contributed by atoms with van der Waals surface area (Å²) in [5.41, 5.74) is 0.421. The maximum atomic E-state index is 13.1. The fourth-order valence-corrected chi connectivity index (χ4v) is 4.80. The smallest absolute Gasteiger partial charge is 0.410 e. The molecule has 1 amide bonds. The molecule has 2 aliphatic heterocycles. The van der Waals surface area contributed by atoms with E-state index in [-0.39, 0.29) is 37.8 Å². The Labute approximate surface area is 202 Å². The molecule has 1 aliphatic carbocycles. The molecule has 1 N–H and O–H groups in total. The van der Waals surface area contributed by atoms with Crippen LogP contribution < -0.4 is 4.90 Å². The van der Waals surface area contributed by atoms with E-state index in [2.05, 4.69) is 4.90 Å². The minimum absolute atomic E-state index is 0. The highest BCUT2D eigenvalue weighted by molar-refractivity contribution is 5.85. The maximum Gasteiger partial charge on any atom is 0.410 e. The molecule has 2 saturated heterocycles. The summed E-state index contributed by atoms with van der Waals surface area (Å²) < 4.78 is 11.0. The number of hydrogen-bond donors (Lipinski definition) is 1. The fourth-order valence-electron chi connectivity index (χ4n) is 4.80. The van der Waals surface area contributed by atoms with Gasteiger partial charge in [-0.15, -0.1) is 12.4 Å². The van der Waals surface area contributed by atoms with E-state index >= 15 is 0 Å². The lowest BCUT2D eigenvalue weighted by molar-refractivity contribution is -0.163. The van der Waals surface area contributed by atoms with E-state index in [0.717, 1.165) is 43.7 Å². The highest BCUT2D eigenvalue weighted by atomic mass is 35.5. The van der Waals surface area contributed by atoms with Crippen molar-refractivity contribution in [2.24, 2.45) is 5.92 Å². The van der Waals surface area contributed by atoms with Crippen molar-refractivity contribution < 1.29 is 24.2 Å². The van der Waals surface area contributed by atoms with Crippen LogP contribution >= 0.6 is 12.4 Å². The van der Waals surface area contributed by atoms with Gasteiger partial charge in [0.1, 0.15) is 11.0 Å². The zero-order valence-electron chi connectivity index (χ0n) is 19.9. The predicted molar refractivity (Wildman–Crippen MR) is 129 cm³/mol. The number of amides is 1. The topological polar surface area (TPSA) is 79.3 Å². The molecule has 3 fully saturated rings. The van der Waals surface area contributed by atoms with Gasteiger partial charge in [0.05, 0.1) is 19.3 Å². The van der Waals surface area contributed by atoms with Crippen molar-refractivity contribution in [2.45, 2.75) is 69.9 Å². The number of carboxylic acid groups (broad SMARTS) is 1. The third-order valence-corrected chi connectivity index (χ3v) is 7.04. The Bertz CT molecular complexity index is 830. The Morgan fingerprint density at radius 2 is 1.82 bits per heavy atom. The molecule has 1 saturated carbocycles. The Morgan fingerprint density at radius 1 is 1.15 bits per heavy atom. The molecular formula is C25H37ClN2O5. The van der Waals surface area contributed by atoms with Gasteiger partial charge in [-0.3, -0.25) is 4.79 Å². The number of carbonyl (C=O) groups is 2. The van der Waals surface area contributed by atoms with Crippen LogP contribution in [0.3, 0.4) is 0 Å². The number of carboxylic acids is 1. The molecule has 1 aromatic carbocycles. The fraction of sp³-hybridized carbons (Fsp3) is 0.680. The molecular weight excluding hydrogens is 444 g/mol. The number of anilines is 1. The number of hydrogen-bond acceptors (Lipinski definition) is 5. The second-order valence-corrected chi connectivity index (χ2v) is 10.6. The summed E-state index contributed by atoms with van der Waals surface area (Å²) in [6.07, 6.45) is 5.39. The van der Waals surface area contributed by atoms with Crippen LogP contribution in [0.1, 0.15) is 58.4 Å². The molecule has 3 aliphatic rings. The van der Waals surface area contributed by atoms with E-state index in [1.165, 1.54) is 19.3 Å². The number of carbonyl (C=O) groups excluding carboxylic acids is 1. The molecule has 1 atom stereocenters. The van der Waals surface area contributed by atoms with Crippen molar-refractivity contribution in [3.05, 3.63) is 29.8 Å². The van der Waals surface area contributed by atoms with Gasteiger partial charge in [0.2, 0.25) is 0 Å². The summed E-state index contributed by atoms with van der Waals surface area (Å²) in [5.74, 6) is -0.257. The van der Waals surface area contributed by atoms with E-state index in [4.69, 9.17) is 9.47 Å². The van der Waals surface area contributed by atoms with Gasteiger partial charge in [-0.2, -0.15) is 0 Å². The third-order valence-electron chi connectivity index (χ3n) is 7.04. The van der Waals surface area contributed by atoms with Gasteiger partial charge in [-0.05, 0) is 70.1 Å². The van der Waals surface area contributed by atoms with Crippen molar-refractivity contribution in [3.63, 3.8) is 0 Å². The van der Waals surface area contributed by atoms with Crippen LogP contribution in [0.25, 0.3) is 0 Å². The number of rotatable bonds is 6. The summed E-state index contributed by atoms with van der Waals surface area (Å²) >= 11 is 0. The van der Waals surface area contributed by atoms with E-state index in [1.807, 2.05) is 49.9 Å². The quantitative estimate of drug-likeness (QED) is 0.647. The number of nitrogens with zero attached hydrogens (tertiary/aromatic N) is 2. The first-order chi connectivity index (χ1) is 15.2. The predicted octanol–water partition coefficient (Wildman–Crippen LogP) is 4.47. The number of piperidine rings is 1. The Kier molecular flexibility index (Phi) is 7.84. The van der Waals surface area contributed by atoms with Gasteiger partial charge in [0.25, 0.3) is 0 Å². The van der Waals surface area contributed by atoms with Crippen LogP contribution in [-0.4, -0.2) is 66.6 Å². The first-order valence-electron chi connectivity index (χ1n) is 11.8. The second-order valence-electron chi connectivity index (χ2n) is 10.6. The van der Waals surface area contributed by atoms with Gasteiger partial charge in [0, 0.05) is 25.3 Å². The van der Waals surface area contributed by atoms with Crippen LogP contribution in [0.2, 0.25) is 0 Å². The molecule has 0 radical (unpaired) electrons. The Balaban J connectivity index is 0.00000306. The van der Waals surface area contributed by atoms with Crippen molar-refractivity contribution >= 4 is 30.2 Å². The van der Waals surface area contributed by atoms with Crippen molar-refractivity contribution in [1.29, 1.82) is 0 Å².